The highest BCUT2D eigenvalue weighted by Gasteiger charge is 2.23. The van der Waals surface area contributed by atoms with E-state index < -0.39 is 12.0 Å². The fourth-order valence-corrected chi connectivity index (χ4v) is 3.11. The molecule has 1 aromatic heterocycles. The summed E-state index contributed by atoms with van der Waals surface area (Å²) < 4.78 is 0. The highest BCUT2D eigenvalue weighted by molar-refractivity contribution is 7.08. The quantitative estimate of drug-likeness (QED) is 0.857. The molecule has 0 aliphatic heterocycles. The molecule has 2 rings (SSSR count). The largest absolute Gasteiger partial charge is 0.481 e. The standard InChI is InChI=1S/C17H19NO3S/c1-11-5-3-4-6-14(11)15(9-16(19)20)18-17(21)12(2)13-7-8-22-10-13/h3-8,10,12,15H,9H2,1-2H3,(H,18,21)(H,19,20). The second-order valence-electron chi connectivity index (χ2n) is 5.29. The van der Waals surface area contributed by atoms with E-state index in [-0.39, 0.29) is 18.2 Å². The van der Waals surface area contributed by atoms with Crippen LogP contribution in [0.4, 0.5) is 0 Å². The zero-order chi connectivity index (χ0) is 16.1. The molecule has 1 heterocycles. The molecular formula is C17H19NO3S. The molecule has 2 N–H and O–H groups in total. The van der Waals surface area contributed by atoms with Crippen LogP contribution in [-0.2, 0) is 9.59 Å². The van der Waals surface area contributed by atoms with Gasteiger partial charge in [-0.25, -0.2) is 0 Å². The number of amides is 1. The predicted octanol–water partition coefficient (Wildman–Crippen LogP) is 3.49. The van der Waals surface area contributed by atoms with E-state index in [1.165, 1.54) is 11.3 Å². The van der Waals surface area contributed by atoms with Crippen LogP contribution in [0.3, 0.4) is 0 Å². The van der Waals surface area contributed by atoms with Gasteiger partial charge in [-0.3, -0.25) is 9.59 Å². The Kier molecular flexibility index (Phi) is 5.33. The van der Waals surface area contributed by atoms with E-state index in [0.29, 0.717) is 0 Å². The van der Waals surface area contributed by atoms with Crippen LogP contribution in [0, 0.1) is 6.92 Å². The van der Waals surface area contributed by atoms with Crippen molar-refractivity contribution in [2.75, 3.05) is 0 Å². The van der Waals surface area contributed by atoms with Gasteiger partial charge in [0.1, 0.15) is 0 Å². The van der Waals surface area contributed by atoms with Crippen LogP contribution in [0.15, 0.2) is 41.1 Å². The van der Waals surface area contributed by atoms with Crippen LogP contribution in [-0.4, -0.2) is 17.0 Å². The van der Waals surface area contributed by atoms with Crippen molar-refractivity contribution in [3.05, 3.63) is 57.8 Å². The third-order valence-corrected chi connectivity index (χ3v) is 4.40. The summed E-state index contributed by atoms with van der Waals surface area (Å²) in [6, 6.07) is 8.91. The number of rotatable bonds is 6. The van der Waals surface area contributed by atoms with E-state index in [2.05, 4.69) is 5.32 Å². The highest BCUT2D eigenvalue weighted by Crippen LogP contribution is 2.24. The van der Waals surface area contributed by atoms with Gasteiger partial charge in [-0.2, -0.15) is 11.3 Å². The predicted molar refractivity (Wildman–Crippen MR) is 87.0 cm³/mol. The number of hydrogen-bond acceptors (Lipinski definition) is 3. The van der Waals surface area contributed by atoms with Crippen LogP contribution in [0.2, 0.25) is 0 Å². The fourth-order valence-electron chi connectivity index (χ4n) is 2.36. The van der Waals surface area contributed by atoms with Gasteiger partial charge in [0.15, 0.2) is 0 Å². The number of hydrogen-bond donors (Lipinski definition) is 2. The molecule has 0 radical (unpaired) electrons. The number of carbonyl (C=O) groups is 2. The number of thiophene rings is 1. The normalized spacial score (nSPS) is 13.4. The van der Waals surface area contributed by atoms with Crippen molar-refractivity contribution in [1.82, 2.24) is 5.32 Å². The molecule has 0 aliphatic carbocycles. The third-order valence-electron chi connectivity index (χ3n) is 3.70. The second kappa shape index (κ2) is 7.22. The molecule has 2 aromatic rings. The first-order valence-corrected chi connectivity index (χ1v) is 8.03. The lowest BCUT2D eigenvalue weighted by molar-refractivity contribution is -0.137. The Morgan fingerprint density at radius 1 is 1.27 bits per heavy atom. The van der Waals surface area contributed by atoms with Crippen LogP contribution in [0.5, 0.6) is 0 Å². The molecule has 4 nitrogen and oxygen atoms in total. The Hall–Kier alpha value is -2.14. The molecular weight excluding hydrogens is 298 g/mol. The van der Waals surface area contributed by atoms with Crippen LogP contribution in [0.25, 0.3) is 0 Å². The number of aliphatic carboxylic acids is 1. The first-order chi connectivity index (χ1) is 10.5. The maximum Gasteiger partial charge on any atom is 0.305 e. The molecule has 22 heavy (non-hydrogen) atoms. The number of benzene rings is 1. The van der Waals surface area contributed by atoms with Crippen LogP contribution < -0.4 is 5.32 Å². The number of carboxylic acids is 1. The number of carboxylic acid groups (broad SMARTS) is 1. The minimum absolute atomic E-state index is 0.132. The highest BCUT2D eigenvalue weighted by atomic mass is 32.1. The summed E-state index contributed by atoms with van der Waals surface area (Å²) in [5, 5.41) is 15.9. The maximum atomic E-state index is 12.4. The number of carbonyl (C=O) groups excluding carboxylic acids is 1. The van der Waals surface area contributed by atoms with Crippen LogP contribution in [0.1, 0.15) is 42.0 Å². The zero-order valence-corrected chi connectivity index (χ0v) is 13.4. The number of aryl methyl sites for hydroxylation is 1. The van der Waals surface area contributed by atoms with Crippen molar-refractivity contribution in [3.63, 3.8) is 0 Å². The van der Waals surface area contributed by atoms with Gasteiger partial charge in [-0.15, -0.1) is 0 Å². The van der Waals surface area contributed by atoms with E-state index in [0.717, 1.165) is 16.7 Å². The lowest BCUT2D eigenvalue weighted by atomic mass is 9.97. The Bertz CT molecular complexity index is 652. The Balaban J connectivity index is 2.18. The van der Waals surface area contributed by atoms with Gasteiger partial charge in [-0.05, 0) is 47.4 Å². The second-order valence-corrected chi connectivity index (χ2v) is 6.07. The van der Waals surface area contributed by atoms with Crippen molar-refractivity contribution < 1.29 is 14.7 Å². The smallest absolute Gasteiger partial charge is 0.305 e. The van der Waals surface area contributed by atoms with E-state index in [1.54, 1.807) is 0 Å². The average molecular weight is 317 g/mol. The van der Waals surface area contributed by atoms with Gasteiger partial charge < -0.3 is 10.4 Å². The summed E-state index contributed by atoms with van der Waals surface area (Å²) in [5.74, 6) is -1.39. The van der Waals surface area contributed by atoms with Gasteiger partial charge in [-0.1, -0.05) is 24.3 Å². The lowest BCUT2D eigenvalue weighted by Gasteiger charge is -2.21. The Labute approximate surface area is 133 Å². The zero-order valence-electron chi connectivity index (χ0n) is 12.6. The van der Waals surface area contributed by atoms with Crippen LogP contribution >= 0.6 is 11.3 Å². The molecule has 116 valence electrons. The maximum absolute atomic E-state index is 12.4. The molecule has 0 saturated carbocycles. The van der Waals surface area contributed by atoms with E-state index in [1.807, 2.05) is 54.9 Å². The van der Waals surface area contributed by atoms with E-state index >= 15 is 0 Å². The van der Waals surface area contributed by atoms with Crippen molar-refractivity contribution in [1.29, 1.82) is 0 Å². The Morgan fingerprint density at radius 3 is 2.59 bits per heavy atom. The fraction of sp³-hybridized carbons (Fsp3) is 0.294. The van der Waals surface area contributed by atoms with Crippen molar-refractivity contribution >= 4 is 23.2 Å². The molecule has 2 unspecified atom stereocenters. The van der Waals surface area contributed by atoms with Gasteiger partial charge in [0.25, 0.3) is 0 Å². The van der Waals surface area contributed by atoms with Gasteiger partial charge >= 0.3 is 5.97 Å². The first kappa shape index (κ1) is 16.2. The lowest BCUT2D eigenvalue weighted by Crippen LogP contribution is -2.33. The SMILES string of the molecule is Cc1ccccc1C(CC(=O)O)NC(=O)C(C)c1ccsc1. The number of nitrogens with one attached hydrogen (secondary N) is 1. The monoisotopic (exact) mass is 317 g/mol. The molecule has 0 bridgehead atoms. The van der Waals surface area contributed by atoms with Crippen molar-refractivity contribution in [3.8, 4) is 0 Å². The average Bonchev–Trinajstić information content (AvgIpc) is 3.00. The summed E-state index contributed by atoms with van der Waals surface area (Å²) >= 11 is 1.54. The van der Waals surface area contributed by atoms with E-state index in [4.69, 9.17) is 5.11 Å². The molecule has 1 aromatic carbocycles. The molecule has 5 heteroatoms. The summed E-state index contributed by atoms with van der Waals surface area (Å²) in [6.45, 7) is 3.74. The molecule has 0 fully saturated rings. The molecule has 1 amide bonds. The Morgan fingerprint density at radius 2 is 2.00 bits per heavy atom. The minimum atomic E-state index is -0.934. The van der Waals surface area contributed by atoms with Crippen molar-refractivity contribution in [2.45, 2.75) is 32.2 Å². The topological polar surface area (TPSA) is 66.4 Å². The van der Waals surface area contributed by atoms with Gasteiger partial charge in [0, 0.05) is 0 Å². The van der Waals surface area contributed by atoms with E-state index in [9.17, 15) is 9.59 Å². The summed E-state index contributed by atoms with van der Waals surface area (Å²) in [6.07, 6.45) is -0.132. The molecule has 0 spiro atoms. The van der Waals surface area contributed by atoms with Gasteiger partial charge in [0.2, 0.25) is 5.91 Å². The summed E-state index contributed by atoms with van der Waals surface area (Å²) in [7, 11) is 0. The molecule has 2 atom stereocenters. The van der Waals surface area contributed by atoms with Crippen molar-refractivity contribution in [2.24, 2.45) is 0 Å². The summed E-state index contributed by atoms with van der Waals surface area (Å²) in [4.78, 5) is 23.5. The molecule has 0 aliphatic rings. The molecule has 0 saturated heterocycles. The van der Waals surface area contributed by atoms with Gasteiger partial charge in [0.05, 0.1) is 18.4 Å². The summed E-state index contributed by atoms with van der Waals surface area (Å²) in [5.41, 5.74) is 2.76. The first-order valence-electron chi connectivity index (χ1n) is 7.09. The minimum Gasteiger partial charge on any atom is -0.481 e. The third kappa shape index (κ3) is 3.95.